The Kier molecular flexibility index (Phi) is 47.7. The molecule has 6 atom stereocenters. The van der Waals surface area contributed by atoms with Gasteiger partial charge in [0.25, 0.3) is 0 Å². The number of carbonyl (C=O) groups excluding carboxylic acids is 11. The number of carbonyl (C=O) groups is 11. The van der Waals surface area contributed by atoms with E-state index in [-0.39, 0.29) is 137 Å². The van der Waals surface area contributed by atoms with Gasteiger partial charge in [-0.1, -0.05) is 375 Å². The van der Waals surface area contributed by atoms with Crippen LogP contribution < -0.4 is 41.2 Å². The van der Waals surface area contributed by atoms with Gasteiger partial charge in [0.1, 0.15) is 14.6 Å². The van der Waals surface area contributed by atoms with E-state index in [2.05, 4.69) is 72.4 Å². The number of nitrogens with zero attached hydrogens (tertiary/aromatic N) is 12. The van der Waals surface area contributed by atoms with E-state index in [9.17, 15) is 78.0 Å². The minimum Gasteiger partial charge on any atom is -0.370 e. The summed E-state index contributed by atoms with van der Waals surface area (Å²) in [6.45, 7) is 49.3. The highest BCUT2D eigenvalue weighted by Crippen LogP contribution is 2.55. The predicted molar refractivity (Wildman–Crippen MR) is 621 cm³/mol. The molecular formula is C103H161N20O17PS9. The van der Waals surface area contributed by atoms with Gasteiger partial charge in [0.05, 0.1) is 25.6 Å². The Morgan fingerprint density at radius 3 is 0.933 bits per heavy atom. The van der Waals surface area contributed by atoms with E-state index in [1.54, 1.807) is 138 Å². The summed E-state index contributed by atoms with van der Waals surface area (Å²) in [7, 11) is -6.65. The third kappa shape index (κ3) is 35.8. The van der Waals surface area contributed by atoms with Crippen LogP contribution in [-0.4, -0.2) is 210 Å². The molecule has 1 fully saturated rings. The van der Waals surface area contributed by atoms with Gasteiger partial charge in [-0.25, -0.2) is 64.5 Å². The predicted octanol–water partition coefficient (Wildman–Crippen LogP) is 15.4. The number of thioether (sulfide) groups is 5. The summed E-state index contributed by atoms with van der Waals surface area (Å²) in [5.41, 5.74) is 4.13. The summed E-state index contributed by atoms with van der Waals surface area (Å²) in [5.74, 6) is -2.49. The molecule has 11 amide bonds. The van der Waals surface area contributed by atoms with Crippen molar-refractivity contribution in [2.45, 2.75) is 251 Å². The maximum Gasteiger partial charge on any atom is 0.249 e. The lowest BCUT2D eigenvalue weighted by Crippen LogP contribution is -2.52. The molecular weight excluding hydrogens is 2110 g/mol. The maximum atomic E-state index is 13.4. The zero-order valence-corrected chi connectivity index (χ0v) is 99.3. The van der Waals surface area contributed by atoms with E-state index < -0.39 is 110 Å². The largest absolute Gasteiger partial charge is 0.370 e. The number of rotatable bonds is 22. The van der Waals surface area contributed by atoms with Crippen molar-refractivity contribution in [2.24, 2.45) is 74.6 Å². The van der Waals surface area contributed by atoms with Gasteiger partial charge >= 0.3 is 0 Å². The first-order valence-electron chi connectivity index (χ1n) is 47.3. The van der Waals surface area contributed by atoms with E-state index in [1.165, 1.54) is 74.0 Å². The molecule has 6 aliphatic rings. The molecule has 0 aromatic heterocycles. The Morgan fingerprint density at radius 2 is 0.673 bits per heavy atom. The highest BCUT2D eigenvalue weighted by molar-refractivity contribution is 8.16. The summed E-state index contributed by atoms with van der Waals surface area (Å²) >= 11 is 6.30. The number of hydrazone groups is 5. The quantitative estimate of drug-likeness (QED) is 0.0298. The van der Waals surface area contributed by atoms with Crippen molar-refractivity contribution in [3.05, 3.63) is 191 Å². The molecule has 9 N–H and O–H groups in total. The molecule has 47 heteroatoms. The topological polar surface area (TPSA) is 485 Å². The Labute approximate surface area is 922 Å². The Bertz CT molecular complexity index is 6150. The molecule has 6 unspecified atom stereocenters. The SMILES string of the molecule is C.C.C=CS(=O)(=O)NCC1(c2ccccc2)SC(NC(=O)C(C)(C)C)=NN1C(C)=O.CC(C)(C)C(=O)N1N=C(N2CCCC2=O)SC1(CNS(C)(=O)=O)c1ccccc1.CC(C)(C)C(=O)NC1=NN(C(=O)C(C)(C)C)C(CCC(N)=O)(c2ccccc2)S1.CC(C)(C)C(=O)NC1=NN(C(=O)C(C)(C)C)C(CCNS(C)(=O)=O)(c2ccccc2)S1.CN(C)CCC1(c2ccccc2)SC(NC(=O)C(C)(C)C)=NN1C(=O)C(C)(C)C.P.S.[3HH]. The van der Waals surface area contributed by atoms with E-state index >= 15 is 0 Å². The second-order valence-electron chi connectivity index (χ2n) is 44.1. The standard InChI is InChI=1S/C22H34N4O2S.C21H32N4O4S2.C21H30N4O3S.C19H26N4O4S2.C18H24N4O4S2.2CH4.H3P.H2S.H2/c1-20(2,3)17(27)23-19-24-26(18(28)21(4,5)6)22(29-19,14-15-25(7)8)16-12-10-9-11-13-16;1-19(2,3)16(26)23-18-24-25(17(27)20(4,5)6)21(30-18,13-14-22-31(7,28)29)15-11-9-8-10-12-15;1-19(2,3)16(27)23-18-24-25(17(28)20(4,5)6)21(29-18,13-12-15(22)26)14-10-8-7-9-11-14;1-18(2,3)16(25)23-19(13-20-29(4,26)27,14-9-6-5-7-10-14)28-17(21-23)22-12-8-11-15(22)24;1-6-28(25,26)19-12-18(14-10-8-7-9-11-14)22(13(2)23)21-16(27-18)20-15(24)17(3,4)5;;;;;/h9-13H,14-15H2,1-8H3,(H,23,24,27);8-12,22H,13-14H2,1-7H3,(H,23,24,26);7-11H,12-13H2,1-6H3,(H2,22,26)(H,23,24,27);5-7,9-10,20H,8,11-13H2,1-4H3;6-11,19H,1,12H2,2-5H3,(H,20,21,24);2*1H4;1H3;1H2;1H/i;;;;;;;;;1+2. The van der Waals surface area contributed by atoms with Crippen molar-refractivity contribution >= 4 is 203 Å². The zero-order chi connectivity index (χ0) is 110. The van der Waals surface area contributed by atoms with Crippen molar-refractivity contribution in [1.82, 2.24) is 70.3 Å². The average Bonchev–Trinajstić information content (AvgIpc) is 1.61. The third-order valence-corrected chi connectivity index (χ3v) is 31.4. The summed E-state index contributed by atoms with van der Waals surface area (Å²) in [6, 6.07) is 46.8. The first kappa shape index (κ1) is 135. The number of sulfonamides is 3. The Hall–Kier alpha value is -9.42. The number of benzene rings is 5. The van der Waals surface area contributed by atoms with Crippen LogP contribution in [0, 0.1) is 43.3 Å². The molecule has 6 heterocycles. The van der Waals surface area contributed by atoms with Crippen molar-refractivity contribution in [3.8, 4) is 0 Å². The van der Waals surface area contributed by atoms with Gasteiger partial charge in [0, 0.05) is 96.0 Å². The second kappa shape index (κ2) is 53.1. The number of hydrogen-bond donors (Lipinski definition) is 8. The molecule has 37 nitrogen and oxygen atoms in total. The molecule has 5 aromatic carbocycles. The van der Waals surface area contributed by atoms with E-state index in [0.29, 0.717) is 45.6 Å². The van der Waals surface area contributed by atoms with E-state index in [1.807, 2.05) is 204 Å². The van der Waals surface area contributed by atoms with Crippen LogP contribution in [0.25, 0.3) is 0 Å². The van der Waals surface area contributed by atoms with Crippen LogP contribution in [-0.2, 0) is 107 Å². The fraction of sp³-hybridized carbons (Fsp3) is 0.534. The number of nitrogens with one attached hydrogen (secondary N) is 7. The summed E-state index contributed by atoms with van der Waals surface area (Å²) in [5, 5.41) is 43.2. The normalized spacial score (nSPS) is 19.9. The van der Waals surface area contributed by atoms with Crippen LogP contribution in [0.1, 0.15) is 256 Å². The van der Waals surface area contributed by atoms with Gasteiger partial charge in [-0.05, 0) is 84.7 Å². The van der Waals surface area contributed by atoms with Gasteiger partial charge in [-0.2, -0.15) is 23.4 Å². The van der Waals surface area contributed by atoms with Crippen LogP contribution in [0.3, 0.4) is 0 Å². The zero-order valence-electron chi connectivity index (χ0n) is 90.4. The lowest BCUT2D eigenvalue weighted by molar-refractivity contribution is -0.144. The van der Waals surface area contributed by atoms with Crippen molar-refractivity contribution in [1.29, 1.82) is 0 Å². The highest BCUT2D eigenvalue weighted by Gasteiger charge is 2.58. The molecule has 1 saturated heterocycles. The molecule has 0 saturated carbocycles. The minimum absolute atomic E-state index is 0. The lowest BCUT2D eigenvalue weighted by atomic mass is 9.92. The summed E-state index contributed by atoms with van der Waals surface area (Å²) in [6.07, 6.45) is 4.62. The van der Waals surface area contributed by atoms with Crippen LogP contribution in [0.2, 0.25) is 0 Å². The maximum absolute atomic E-state index is 13.4. The minimum atomic E-state index is -3.74. The lowest BCUT2D eigenvalue weighted by Gasteiger charge is -2.39. The van der Waals surface area contributed by atoms with Crippen LogP contribution in [0.4, 0.5) is 0 Å². The molecule has 0 aliphatic carbocycles. The van der Waals surface area contributed by atoms with Crippen LogP contribution in [0.15, 0.2) is 189 Å². The number of nitrogens with two attached hydrogens (primary N) is 1. The first-order valence-corrected chi connectivity index (χ1v) is 56.7. The molecule has 6 aliphatic heterocycles. The average molecular weight is 2270 g/mol. The smallest absolute Gasteiger partial charge is 0.249 e. The van der Waals surface area contributed by atoms with Crippen molar-refractivity contribution in [2.75, 3.05) is 59.3 Å². The summed E-state index contributed by atoms with van der Waals surface area (Å²) in [4.78, 5) is 138. The highest BCUT2D eigenvalue weighted by atomic mass is 32.2. The first-order chi connectivity index (χ1) is 67.0. The van der Waals surface area contributed by atoms with Crippen molar-refractivity contribution in [3.63, 3.8) is 0 Å². The number of amides is 11. The van der Waals surface area contributed by atoms with Crippen LogP contribution in [0.5, 0.6) is 0 Å². The molecule has 0 radical (unpaired) electrons. The van der Waals surface area contributed by atoms with E-state index in [0.717, 1.165) is 64.9 Å². The van der Waals surface area contributed by atoms with Gasteiger partial charge in [-0.15, -0.1) is 25.5 Å². The number of hydrogen-bond acceptors (Lipinski definition) is 28. The van der Waals surface area contributed by atoms with Gasteiger partial charge in [-0.3, -0.25) is 57.6 Å². The molecule has 0 spiro atoms. The summed E-state index contributed by atoms with van der Waals surface area (Å²) < 4.78 is 78.5. The molecule has 5 aromatic rings. The fourth-order valence-electron chi connectivity index (χ4n) is 14.0. The second-order valence-corrected chi connectivity index (χ2v) is 55.8. The molecule has 0 bridgehead atoms. The van der Waals surface area contributed by atoms with Gasteiger partial charge in [0.15, 0.2) is 35.6 Å². The third-order valence-electron chi connectivity index (χ3n) is 22.4. The van der Waals surface area contributed by atoms with Crippen molar-refractivity contribution < 1.29 is 79.4 Å². The number of primary amides is 1. The monoisotopic (exact) mass is 2270 g/mol. The fourth-order valence-corrected chi connectivity index (χ4v) is 22.0. The Balaban J connectivity index is 0.000000632. The van der Waals surface area contributed by atoms with E-state index in [4.69, 9.17) is 5.73 Å². The van der Waals surface area contributed by atoms with Crippen LogP contribution >= 0.6 is 82.2 Å². The number of amidine groups is 5. The number of likely N-dealkylation sites (tertiary alicyclic amines) is 1. The van der Waals surface area contributed by atoms with Gasteiger partial charge in [0.2, 0.25) is 95.0 Å². The molecule has 834 valence electrons. The molecule has 11 rings (SSSR count). The van der Waals surface area contributed by atoms with Gasteiger partial charge < -0.3 is 31.9 Å². The molecule has 150 heavy (non-hydrogen) atoms. The Morgan fingerprint density at radius 1 is 0.407 bits per heavy atom.